The molecule has 1 heterocycles. The van der Waals surface area contributed by atoms with Gasteiger partial charge >= 0.3 is 0 Å². The van der Waals surface area contributed by atoms with E-state index in [4.69, 9.17) is 0 Å². The normalized spacial score (nSPS) is 19.6. The molecule has 1 aromatic carbocycles. The van der Waals surface area contributed by atoms with Crippen LogP contribution in [0.25, 0.3) is 0 Å². The van der Waals surface area contributed by atoms with E-state index in [9.17, 15) is 0 Å². The molecule has 1 unspecified atom stereocenters. The van der Waals surface area contributed by atoms with Gasteiger partial charge in [-0.3, -0.25) is 0 Å². The summed E-state index contributed by atoms with van der Waals surface area (Å²) in [5.74, 6) is 1.96. The lowest BCUT2D eigenvalue weighted by Crippen LogP contribution is -2.37. The van der Waals surface area contributed by atoms with Crippen molar-refractivity contribution in [2.45, 2.75) is 39.5 Å². The van der Waals surface area contributed by atoms with Crippen molar-refractivity contribution in [2.24, 2.45) is 5.92 Å². The summed E-state index contributed by atoms with van der Waals surface area (Å²) in [6.07, 6.45) is 0. The van der Waals surface area contributed by atoms with Gasteiger partial charge in [-0.15, -0.1) is 0 Å². The summed E-state index contributed by atoms with van der Waals surface area (Å²) in [6.45, 7) is 13.5. The minimum absolute atomic E-state index is 0.711. The number of hydrogen-bond acceptors (Lipinski definition) is 3. The van der Waals surface area contributed by atoms with Gasteiger partial charge in [0.25, 0.3) is 0 Å². The van der Waals surface area contributed by atoms with Crippen molar-refractivity contribution in [3.63, 3.8) is 0 Å². The van der Waals surface area contributed by atoms with Crippen LogP contribution in [0, 0.1) is 12.8 Å². The number of nitrogens with one attached hydrogen (secondary N) is 1. The van der Waals surface area contributed by atoms with Gasteiger partial charge in [-0.1, -0.05) is 32.9 Å². The van der Waals surface area contributed by atoms with Gasteiger partial charge in [0.1, 0.15) is 0 Å². The van der Waals surface area contributed by atoms with Gasteiger partial charge < -0.3 is 10.2 Å². The first-order chi connectivity index (χ1) is 9.56. The maximum atomic E-state index is 3.52. The first-order valence-electron chi connectivity index (χ1n) is 7.73. The fraction of sp³-hybridized carbons (Fsp3) is 0.647. The Morgan fingerprint density at radius 3 is 2.85 bits per heavy atom. The lowest BCUT2D eigenvalue weighted by molar-refractivity contribution is 0.552. The maximum absolute atomic E-state index is 3.52. The van der Waals surface area contributed by atoms with Crippen molar-refractivity contribution in [1.82, 2.24) is 5.32 Å². The zero-order chi connectivity index (χ0) is 14.5. The average Bonchev–Trinajstić information content (AvgIpc) is 2.38. The van der Waals surface area contributed by atoms with Crippen LogP contribution in [0.4, 0.5) is 5.69 Å². The third kappa shape index (κ3) is 4.42. The van der Waals surface area contributed by atoms with Crippen LogP contribution < -0.4 is 10.2 Å². The molecule has 1 N–H and O–H groups in total. The molecule has 2 nitrogen and oxygen atoms in total. The number of aryl methyl sites for hydroxylation is 1. The molecule has 1 fully saturated rings. The molecule has 0 radical (unpaired) electrons. The van der Waals surface area contributed by atoms with Crippen LogP contribution in [0.5, 0.6) is 0 Å². The first-order valence-corrected chi connectivity index (χ1v) is 8.78. The van der Waals surface area contributed by atoms with Crippen LogP contribution in [0.1, 0.15) is 31.9 Å². The van der Waals surface area contributed by atoms with E-state index in [2.05, 4.69) is 67.9 Å². The molecule has 1 aliphatic rings. The smallest absolute Gasteiger partial charge is 0.0396 e. The summed E-state index contributed by atoms with van der Waals surface area (Å²) in [7, 11) is 0. The molecular weight excluding hydrogens is 264 g/mol. The van der Waals surface area contributed by atoms with Crippen molar-refractivity contribution in [3.05, 3.63) is 29.3 Å². The number of nitrogens with zero attached hydrogens (tertiary/aromatic N) is 1. The molecule has 0 spiro atoms. The third-order valence-electron chi connectivity index (χ3n) is 3.72. The van der Waals surface area contributed by atoms with E-state index in [0.29, 0.717) is 5.92 Å². The fourth-order valence-electron chi connectivity index (χ4n) is 2.72. The maximum Gasteiger partial charge on any atom is 0.0396 e. The largest absolute Gasteiger partial charge is 0.369 e. The SMILES string of the molecule is Cc1cc(CNCC(C)C)ccc1N1CCSC(C)C1. The van der Waals surface area contributed by atoms with E-state index in [0.717, 1.165) is 18.3 Å². The van der Waals surface area contributed by atoms with Gasteiger partial charge in [0.15, 0.2) is 0 Å². The van der Waals surface area contributed by atoms with Crippen LogP contribution >= 0.6 is 11.8 Å². The summed E-state index contributed by atoms with van der Waals surface area (Å²) in [5.41, 5.74) is 4.23. The molecule has 0 aromatic heterocycles. The molecule has 0 bridgehead atoms. The van der Waals surface area contributed by atoms with Crippen LogP contribution in [-0.4, -0.2) is 30.6 Å². The zero-order valence-electron chi connectivity index (χ0n) is 13.3. The topological polar surface area (TPSA) is 15.3 Å². The quantitative estimate of drug-likeness (QED) is 0.891. The van der Waals surface area contributed by atoms with Crippen molar-refractivity contribution in [2.75, 3.05) is 30.3 Å². The molecule has 2 rings (SSSR count). The average molecular weight is 292 g/mol. The Morgan fingerprint density at radius 2 is 2.20 bits per heavy atom. The minimum Gasteiger partial charge on any atom is -0.369 e. The van der Waals surface area contributed by atoms with Crippen LogP contribution in [-0.2, 0) is 6.54 Å². The summed E-state index contributed by atoms with van der Waals surface area (Å²) >= 11 is 2.09. The Bertz CT molecular complexity index is 431. The predicted octanol–water partition coefficient (Wildman–Crippen LogP) is 3.68. The van der Waals surface area contributed by atoms with Crippen LogP contribution in [0.2, 0.25) is 0 Å². The number of rotatable bonds is 5. The van der Waals surface area contributed by atoms with Crippen molar-refractivity contribution < 1.29 is 0 Å². The van der Waals surface area contributed by atoms with Gasteiger partial charge in [0.2, 0.25) is 0 Å². The molecule has 1 atom stereocenters. The second-order valence-electron chi connectivity index (χ2n) is 6.27. The second kappa shape index (κ2) is 7.37. The summed E-state index contributed by atoms with van der Waals surface area (Å²) in [6, 6.07) is 6.93. The molecule has 3 heteroatoms. The highest BCUT2D eigenvalue weighted by atomic mass is 32.2. The van der Waals surface area contributed by atoms with E-state index >= 15 is 0 Å². The Balaban J connectivity index is 1.98. The fourth-order valence-corrected chi connectivity index (χ4v) is 3.74. The predicted molar refractivity (Wildman–Crippen MR) is 91.9 cm³/mol. The zero-order valence-corrected chi connectivity index (χ0v) is 14.1. The molecule has 0 aliphatic carbocycles. The van der Waals surface area contributed by atoms with Gasteiger partial charge in [0.05, 0.1) is 0 Å². The number of anilines is 1. The Morgan fingerprint density at radius 1 is 1.40 bits per heavy atom. The van der Waals surface area contributed by atoms with Crippen molar-refractivity contribution in [1.29, 1.82) is 0 Å². The van der Waals surface area contributed by atoms with E-state index in [-0.39, 0.29) is 0 Å². The lowest BCUT2D eigenvalue weighted by atomic mass is 10.1. The number of thioether (sulfide) groups is 1. The lowest BCUT2D eigenvalue weighted by Gasteiger charge is -2.33. The summed E-state index contributed by atoms with van der Waals surface area (Å²) in [4.78, 5) is 2.54. The van der Waals surface area contributed by atoms with Gasteiger partial charge in [-0.25, -0.2) is 0 Å². The Labute approximate surface area is 128 Å². The highest BCUT2D eigenvalue weighted by Crippen LogP contribution is 2.27. The monoisotopic (exact) mass is 292 g/mol. The standard InChI is InChI=1S/C17H28N2S/c1-13(2)10-18-11-16-5-6-17(14(3)9-16)19-7-8-20-15(4)12-19/h5-6,9,13,15,18H,7-8,10-12H2,1-4H3. The van der Waals surface area contributed by atoms with Crippen molar-refractivity contribution >= 4 is 17.4 Å². The van der Waals surface area contributed by atoms with Crippen LogP contribution in [0.15, 0.2) is 18.2 Å². The van der Waals surface area contributed by atoms with Gasteiger partial charge in [-0.05, 0) is 36.6 Å². The number of benzene rings is 1. The second-order valence-corrected chi connectivity index (χ2v) is 7.82. The molecule has 0 amide bonds. The van der Waals surface area contributed by atoms with E-state index < -0.39 is 0 Å². The van der Waals surface area contributed by atoms with E-state index in [1.807, 2.05) is 0 Å². The summed E-state index contributed by atoms with van der Waals surface area (Å²) < 4.78 is 0. The molecule has 1 saturated heterocycles. The third-order valence-corrected chi connectivity index (χ3v) is 4.86. The van der Waals surface area contributed by atoms with E-state index in [1.165, 1.54) is 35.7 Å². The molecular formula is C17H28N2S. The highest BCUT2D eigenvalue weighted by Gasteiger charge is 2.18. The van der Waals surface area contributed by atoms with Crippen molar-refractivity contribution in [3.8, 4) is 0 Å². The summed E-state index contributed by atoms with van der Waals surface area (Å²) in [5, 5.41) is 4.26. The molecule has 112 valence electrons. The minimum atomic E-state index is 0.711. The molecule has 0 saturated carbocycles. The van der Waals surface area contributed by atoms with Crippen LogP contribution in [0.3, 0.4) is 0 Å². The number of hydrogen-bond donors (Lipinski definition) is 1. The molecule has 20 heavy (non-hydrogen) atoms. The van der Waals surface area contributed by atoms with E-state index in [1.54, 1.807) is 0 Å². The van der Waals surface area contributed by atoms with Gasteiger partial charge in [0, 0.05) is 36.3 Å². The first kappa shape index (κ1) is 15.7. The molecule has 1 aliphatic heterocycles. The van der Waals surface area contributed by atoms with Gasteiger partial charge in [-0.2, -0.15) is 11.8 Å². The highest BCUT2D eigenvalue weighted by molar-refractivity contribution is 8.00. The Hall–Kier alpha value is -0.670. The molecule has 1 aromatic rings. The Kier molecular flexibility index (Phi) is 5.79.